The SMILES string of the molecule is CC(=Cc1ccc(O)c(C)c1)c1cc(C2CCCCC2)c(O)c(C(C)(C)C)c1. The lowest BCUT2D eigenvalue weighted by Gasteiger charge is -2.28. The highest BCUT2D eigenvalue weighted by Gasteiger charge is 2.26. The molecule has 2 aromatic carbocycles. The molecule has 0 radical (unpaired) electrons. The smallest absolute Gasteiger partial charge is 0.122 e. The quantitative estimate of drug-likeness (QED) is 0.550. The van der Waals surface area contributed by atoms with E-state index < -0.39 is 0 Å². The summed E-state index contributed by atoms with van der Waals surface area (Å²) in [5.41, 5.74) is 6.35. The van der Waals surface area contributed by atoms with Crippen molar-refractivity contribution in [3.63, 3.8) is 0 Å². The average molecular weight is 379 g/mol. The summed E-state index contributed by atoms with van der Waals surface area (Å²) in [6.07, 6.45) is 8.31. The van der Waals surface area contributed by atoms with Crippen molar-refractivity contribution in [1.29, 1.82) is 0 Å². The van der Waals surface area contributed by atoms with Crippen molar-refractivity contribution in [2.75, 3.05) is 0 Å². The zero-order chi connectivity index (χ0) is 20.5. The van der Waals surface area contributed by atoms with Crippen molar-refractivity contribution in [2.24, 2.45) is 0 Å². The standard InChI is InChI=1S/C26H34O2/c1-17(13-19-11-12-24(27)18(2)14-19)21-15-22(20-9-7-6-8-10-20)25(28)23(16-21)26(3,4)5/h11-16,20,27-28H,6-10H2,1-5H3. The second-order valence-corrected chi connectivity index (χ2v) is 9.42. The fourth-order valence-electron chi connectivity index (χ4n) is 4.28. The number of phenols is 2. The van der Waals surface area contributed by atoms with Crippen LogP contribution in [0.15, 0.2) is 30.3 Å². The molecule has 0 amide bonds. The number of hydrogen-bond donors (Lipinski definition) is 2. The molecule has 2 heteroatoms. The summed E-state index contributed by atoms with van der Waals surface area (Å²) in [4.78, 5) is 0. The summed E-state index contributed by atoms with van der Waals surface area (Å²) in [5.74, 6) is 1.28. The van der Waals surface area contributed by atoms with Gasteiger partial charge < -0.3 is 10.2 Å². The van der Waals surface area contributed by atoms with Gasteiger partial charge in [0.1, 0.15) is 11.5 Å². The third-order valence-corrected chi connectivity index (χ3v) is 6.05. The molecule has 1 aliphatic rings. The van der Waals surface area contributed by atoms with Gasteiger partial charge in [0.25, 0.3) is 0 Å². The van der Waals surface area contributed by atoms with Gasteiger partial charge in [0, 0.05) is 5.56 Å². The van der Waals surface area contributed by atoms with E-state index in [1.807, 2.05) is 19.1 Å². The maximum Gasteiger partial charge on any atom is 0.122 e. The van der Waals surface area contributed by atoms with Crippen LogP contribution >= 0.6 is 0 Å². The van der Waals surface area contributed by atoms with Gasteiger partial charge in [-0.3, -0.25) is 0 Å². The summed E-state index contributed by atoms with van der Waals surface area (Å²) in [7, 11) is 0. The van der Waals surface area contributed by atoms with Crippen LogP contribution in [0.4, 0.5) is 0 Å². The molecule has 1 saturated carbocycles. The Bertz CT molecular complexity index is 878. The molecule has 0 heterocycles. The molecular weight excluding hydrogens is 344 g/mol. The van der Waals surface area contributed by atoms with Crippen LogP contribution in [0.25, 0.3) is 11.6 Å². The molecule has 0 aromatic heterocycles. The Morgan fingerprint density at radius 1 is 1.00 bits per heavy atom. The fraction of sp³-hybridized carbons (Fsp3) is 0.462. The molecule has 150 valence electrons. The summed E-state index contributed by atoms with van der Waals surface area (Å²) < 4.78 is 0. The summed E-state index contributed by atoms with van der Waals surface area (Å²) >= 11 is 0. The number of hydrogen-bond acceptors (Lipinski definition) is 2. The van der Waals surface area contributed by atoms with Crippen LogP contribution in [0.5, 0.6) is 11.5 Å². The molecule has 1 aliphatic carbocycles. The average Bonchev–Trinajstić information content (AvgIpc) is 2.64. The van der Waals surface area contributed by atoms with E-state index in [0.717, 1.165) is 22.3 Å². The predicted octanol–water partition coefficient (Wildman–Crippen LogP) is 7.31. The number of aryl methyl sites for hydroxylation is 1. The highest BCUT2D eigenvalue weighted by molar-refractivity contribution is 5.81. The Labute approximate surface area is 169 Å². The third kappa shape index (κ3) is 4.43. The minimum absolute atomic E-state index is 0.112. The molecule has 28 heavy (non-hydrogen) atoms. The van der Waals surface area contributed by atoms with Crippen molar-refractivity contribution < 1.29 is 10.2 Å². The molecule has 0 saturated heterocycles. The second-order valence-electron chi connectivity index (χ2n) is 9.42. The van der Waals surface area contributed by atoms with Crippen LogP contribution in [0.1, 0.15) is 93.5 Å². The van der Waals surface area contributed by atoms with Gasteiger partial charge in [0.15, 0.2) is 0 Å². The minimum atomic E-state index is -0.112. The molecule has 0 unspecified atom stereocenters. The molecule has 0 bridgehead atoms. The van der Waals surface area contributed by atoms with E-state index in [2.05, 4.69) is 45.9 Å². The maximum atomic E-state index is 11.1. The third-order valence-electron chi connectivity index (χ3n) is 6.05. The van der Waals surface area contributed by atoms with E-state index in [1.54, 1.807) is 6.07 Å². The molecule has 2 aromatic rings. The monoisotopic (exact) mass is 378 g/mol. The summed E-state index contributed by atoms with van der Waals surface area (Å²) in [5, 5.41) is 20.9. The first-order valence-electron chi connectivity index (χ1n) is 10.5. The first-order chi connectivity index (χ1) is 13.2. The Hall–Kier alpha value is -2.22. The summed E-state index contributed by atoms with van der Waals surface area (Å²) in [6, 6.07) is 10.1. The second kappa shape index (κ2) is 8.03. The number of aromatic hydroxyl groups is 2. The Balaban J connectivity index is 2.08. The van der Waals surface area contributed by atoms with Gasteiger partial charge >= 0.3 is 0 Å². The van der Waals surface area contributed by atoms with Crippen molar-refractivity contribution in [1.82, 2.24) is 0 Å². The van der Waals surface area contributed by atoms with Gasteiger partial charge in [-0.15, -0.1) is 0 Å². The highest BCUT2D eigenvalue weighted by Crippen LogP contribution is 2.43. The lowest BCUT2D eigenvalue weighted by atomic mass is 9.77. The number of phenolic OH excluding ortho intramolecular Hbond substituents is 2. The lowest BCUT2D eigenvalue weighted by Crippen LogP contribution is -2.14. The van der Waals surface area contributed by atoms with E-state index in [-0.39, 0.29) is 5.41 Å². The van der Waals surface area contributed by atoms with E-state index in [1.165, 1.54) is 43.2 Å². The number of benzene rings is 2. The molecule has 2 N–H and O–H groups in total. The van der Waals surface area contributed by atoms with E-state index in [0.29, 0.717) is 17.4 Å². The van der Waals surface area contributed by atoms with Crippen molar-refractivity contribution >= 4 is 11.6 Å². The number of allylic oxidation sites excluding steroid dienone is 1. The zero-order valence-corrected chi connectivity index (χ0v) is 18.0. The number of rotatable bonds is 3. The predicted molar refractivity (Wildman–Crippen MR) is 119 cm³/mol. The first kappa shape index (κ1) is 20.5. The normalized spacial score (nSPS) is 16.4. The van der Waals surface area contributed by atoms with Gasteiger partial charge in [-0.2, -0.15) is 0 Å². The van der Waals surface area contributed by atoms with Crippen LogP contribution in [0.3, 0.4) is 0 Å². The lowest BCUT2D eigenvalue weighted by molar-refractivity contribution is 0.403. The van der Waals surface area contributed by atoms with Crippen LogP contribution in [0, 0.1) is 6.92 Å². The van der Waals surface area contributed by atoms with Crippen molar-refractivity contribution in [3.8, 4) is 11.5 Å². The Morgan fingerprint density at radius 2 is 1.68 bits per heavy atom. The first-order valence-corrected chi connectivity index (χ1v) is 10.5. The molecule has 0 aliphatic heterocycles. The zero-order valence-electron chi connectivity index (χ0n) is 18.0. The molecule has 3 rings (SSSR count). The van der Waals surface area contributed by atoms with Crippen molar-refractivity contribution in [2.45, 2.75) is 78.1 Å². The topological polar surface area (TPSA) is 40.5 Å². The molecule has 0 spiro atoms. The Morgan fingerprint density at radius 3 is 2.29 bits per heavy atom. The van der Waals surface area contributed by atoms with E-state index in [4.69, 9.17) is 0 Å². The minimum Gasteiger partial charge on any atom is -0.508 e. The van der Waals surface area contributed by atoms with Gasteiger partial charge in [-0.25, -0.2) is 0 Å². The fourth-order valence-corrected chi connectivity index (χ4v) is 4.28. The van der Waals surface area contributed by atoms with E-state index in [9.17, 15) is 10.2 Å². The van der Waals surface area contributed by atoms with Gasteiger partial charge in [-0.1, -0.05) is 52.2 Å². The van der Waals surface area contributed by atoms with Crippen LogP contribution in [0.2, 0.25) is 0 Å². The van der Waals surface area contributed by atoms with Gasteiger partial charge in [-0.05, 0) is 90.1 Å². The van der Waals surface area contributed by atoms with Crippen molar-refractivity contribution in [3.05, 3.63) is 58.1 Å². The van der Waals surface area contributed by atoms with Gasteiger partial charge in [0.2, 0.25) is 0 Å². The van der Waals surface area contributed by atoms with E-state index >= 15 is 0 Å². The highest BCUT2D eigenvalue weighted by atomic mass is 16.3. The largest absolute Gasteiger partial charge is 0.508 e. The van der Waals surface area contributed by atoms with Crippen LogP contribution in [-0.4, -0.2) is 10.2 Å². The molecule has 1 fully saturated rings. The van der Waals surface area contributed by atoms with Gasteiger partial charge in [0.05, 0.1) is 0 Å². The molecular formula is C26H34O2. The molecule has 0 atom stereocenters. The molecule has 2 nitrogen and oxygen atoms in total. The summed E-state index contributed by atoms with van der Waals surface area (Å²) in [6.45, 7) is 10.5. The van der Waals surface area contributed by atoms with Crippen LogP contribution in [-0.2, 0) is 5.41 Å². The van der Waals surface area contributed by atoms with Crippen LogP contribution < -0.4 is 0 Å². The maximum absolute atomic E-state index is 11.1. The Kier molecular flexibility index (Phi) is 5.88.